The first-order valence-electron chi connectivity index (χ1n) is 7.11. The van der Waals surface area contributed by atoms with Crippen molar-refractivity contribution in [2.75, 3.05) is 5.43 Å². The quantitative estimate of drug-likeness (QED) is 0.774. The zero-order valence-corrected chi connectivity index (χ0v) is 12.0. The summed E-state index contributed by atoms with van der Waals surface area (Å²) in [6.45, 7) is 7.13. The van der Waals surface area contributed by atoms with E-state index in [1.165, 1.54) is 18.6 Å². The van der Waals surface area contributed by atoms with Crippen LogP contribution >= 0.6 is 0 Å². The predicted molar refractivity (Wildman–Crippen MR) is 81.3 cm³/mol. The molecule has 2 bridgehead atoms. The Kier molecular flexibility index (Phi) is 2.77. The normalized spacial score (nSPS) is 33.6. The summed E-state index contributed by atoms with van der Waals surface area (Å²) in [6, 6.07) is 10.2. The summed E-state index contributed by atoms with van der Waals surface area (Å²) in [4.78, 5) is 0. The second kappa shape index (κ2) is 4.22. The number of allylic oxidation sites excluding steroid dienone is 2. The Hall–Kier alpha value is -1.57. The first kappa shape index (κ1) is 12.5. The van der Waals surface area contributed by atoms with Gasteiger partial charge in [0, 0.05) is 5.41 Å². The summed E-state index contributed by atoms with van der Waals surface area (Å²) in [5, 5.41) is 4.68. The van der Waals surface area contributed by atoms with E-state index in [4.69, 9.17) is 0 Å². The summed E-state index contributed by atoms with van der Waals surface area (Å²) >= 11 is 0. The summed E-state index contributed by atoms with van der Waals surface area (Å²) in [6.07, 6.45) is 7.08. The molecule has 1 N–H and O–H groups in total. The fourth-order valence-corrected chi connectivity index (χ4v) is 3.52. The number of nitrogens with zero attached hydrogens (tertiary/aromatic N) is 1. The summed E-state index contributed by atoms with van der Waals surface area (Å²) in [7, 11) is 0. The number of benzene rings is 1. The zero-order valence-electron chi connectivity index (χ0n) is 12.0. The highest BCUT2D eigenvalue weighted by Crippen LogP contribution is 2.59. The van der Waals surface area contributed by atoms with Crippen molar-refractivity contribution in [3.05, 3.63) is 42.5 Å². The van der Waals surface area contributed by atoms with Crippen LogP contribution in [0.5, 0.6) is 0 Å². The monoisotopic (exact) mass is 254 g/mol. The van der Waals surface area contributed by atoms with Crippen LogP contribution in [0.2, 0.25) is 0 Å². The van der Waals surface area contributed by atoms with Gasteiger partial charge in [-0.3, -0.25) is 5.43 Å². The van der Waals surface area contributed by atoms with Gasteiger partial charge in [-0.1, -0.05) is 45.0 Å². The fraction of sp³-hybridized carbons (Fsp3) is 0.471. The number of hydrazone groups is 1. The minimum Gasteiger partial charge on any atom is -0.278 e. The molecule has 0 spiro atoms. The molecule has 1 aromatic rings. The highest BCUT2D eigenvalue weighted by molar-refractivity contribution is 6.01. The molecule has 2 atom stereocenters. The second-order valence-corrected chi connectivity index (χ2v) is 6.53. The van der Waals surface area contributed by atoms with E-state index in [0.717, 1.165) is 5.69 Å². The van der Waals surface area contributed by atoms with E-state index < -0.39 is 0 Å². The van der Waals surface area contributed by atoms with Gasteiger partial charge in [0.1, 0.15) is 0 Å². The Morgan fingerprint density at radius 3 is 2.63 bits per heavy atom. The Morgan fingerprint density at radius 2 is 1.89 bits per heavy atom. The summed E-state index contributed by atoms with van der Waals surface area (Å²) in [5.74, 6) is 0.702. The molecular formula is C17H22N2. The van der Waals surface area contributed by atoms with Crippen molar-refractivity contribution in [2.45, 2.75) is 33.6 Å². The predicted octanol–water partition coefficient (Wildman–Crippen LogP) is 4.47. The van der Waals surface area contributed by atoms with Gasteiger partial charge in [0.25, 0.3) is 0 Å². The van der Waals surface area contributed by atoms with Gasteiger partial charge >= 0.3 is 0 Å². The molecule has 1 fully saturated rings. The molecule has 1 aromatic carbocycles. The fourth-order valence-electron chi connectivity index (χ4n) is 3.52. The van der Waals surface area contributed by atoms with Crippen molar-refractivity contribution in [3.63, 3.8) is 0 Å². The van der Waals surface area contributed by atoms with Gasteiger partial charge in [-0.15, -0.1) is 0 Å². The molecule has 0 amide bonds. The molecule has 3 rings (SSSR count). The maximum absolute atomic E-state index is 4.68. The number of nitrogens with one attached hydrogen (secondary N) is 1. The number of hydrogen-bond donors (Lipinski definition) is 1. The third kappa shape index (κ3) is 1.81. The number of fused-ring (bicyclic) bond motifs is 2. The van der Waals surface area contributed by atoms with Gasteiger partial charge in [-0.2, -0.15) is 5.10 Å². The number of rotatable bonds is 2. The zero-order chi connectivity index (χ0) is 13.5. The third-order valence-electron chi connectivity index (χ3n) is 5.44. The molecule has 0 aromatic heterocycles. The van der Waals surface area contributed by atoms with Crippen LogP contribution in [0.3, 0.4) is 0 Å². The van der Waals surface area contributed by atoms with Crippen molar-refractivity contribution in [1.82, 2.24) is 0 Å². The van der Waals surface area contributed by atoms with Crippen LogP contribution in [0.15, 0.2) is 47.6 Å². The lowest BCUT2D eigenvalue weighted by Gasteiger charge is -2.43. The van der Waals surface area contributed by atoms with E-state index in [1.807, 2.05) is 30.3 Å². The maximum atomic E-state index is 4.68. The van der Waals surface area contributed by atoms with E-state index in [1.54, 1.807) is 0 Å². The molecule has 0 aliphatic heterocycles. The number of hydrogen-bond acceptors (Lipinski definition) is 2. The first-order chi connectivity index (χ1) is 9.04. The molecular weight excluding hydrogens is 232 g/mol. The average Bonchev–Trinajstić information content (AvgIpc) is 2.55. The standard InChI is InChI=1S/C17H22N2/c1-16(2)13-9-10-15(17(16,3)12-11-13)19-18-14-7-5-4-6-8-14/h4-10,13,18H,11-12H2,1-3H3/b19-15-/t13-,17-/m0/s1. The van der Waals surface area contributed by atoms with E-state index in [-0.39, 0.29) is 5.41 Å². The first-order valence-corrected chi connectivity index (χ1v) is 7.11. The van der Waals surface area contributed by atoms with Crippen LogP contribution in [0.1, 0.15) is 33.6 Å². The lowest BCUT2D eigenvalue weighted by molar-refractivity contribution is 0.174. The number of anilines is 1. The third-order valence-corrected chi connectivity index (χ3v) is 5.44. The maximum Gasteiger partial charge on any atom is 0.0668 e. The van der Waals surface area contributed by atoms with Gasteiger partial charge in [0.15, 0.2) is 0 Å². The average molecular weight is 254 g/mol. The van der Waals surface area contributed by atoms with Crippen molar-refractivity contribution < 1.29 is 0 Å². The number of para-hydroxylation sites is 1. The molecule has 0 saturated heterocycles. The van der Waals surface area contributed by atoms with E-state index in [9.17, 15) is 0 Å². The molecule has 1 saturated carbocycles. The lowest BCUT2D eigenvalue weighted by Crippen LogP contribution is -2.42. The SMILES string of the molecule is CC1(C)[C@H]2C=C/C(=N/Nc3ccccc3)[C@]1(C)CC2. The van der Waals surface area contributed by atoms with E-state index in [0.29, 0.717) is 11.3 Å². The molecule has 2 aliphatic carbocycles. The molecule has 0 radical (unpaired) electrons. The molecule has 19 heavy (non-hydrogen) atoms. The van der Waals surface area contributed by atoms with Gasteiger partial charge in [0.2, 0.25) is 0 Å². The van der Waals surface area contributed by atoms with Gasteiger partial charge < -0.3 is 0 Å². The van der Waals surface area contributed by atoms with E-state index >= 15 is 0 Å². The van der Waals surface area contributed by atoms with E-state index in [2.05, 4.69) is 43.5 Å². The molecule has 0 unspecified atom stereocenters. The minimum absolute atomic E-state index is 0.189. The Bertz CT molecular complexity index is 527. The van der Waals surface area contributed by atoms with Crippen molar-refractivity contribution in [1.29, 1.82) is 0 Å². The molecule has 2 aliphatic rings. The largest absolute Gasteiger partial charge is 0.278 e. The smallest absolute Gasteiger partial charge is 0.0668 e. The van der Waals surface area contributed by atoms with Crippen molar-refractivity contribution in [2.24, 2.45) is 21.8 Å². The summed E-state index contributed by atoms with van der Waals surface area (Å²) < 4.78 is 0. The second-order valence-electron chi connectivity index (χ2n) is 6.53. The van der Waals surface area contributed by atoms with Crippen LogP contribution in [0.4, 0.5) is 5.69 Å². The van der Waals surface area contributed by atoms with Crippen LogP contribution in [0.25, 0.3) is 0 Å². The Labute approximate surface area is 115 Å². The molecule has 0 heterocycles. The molecule has 2 heteroatoms. The van der Waals surface area contributed by atoms with Crippen LogP contribution < -0.4 is 5.43 Å². The highest BCUT2D eigenvalue weighted by Gasteiger charge is 2.54. The minimum atomic E-state index is 0.189. The van der Waals surface area contributed by atoms with Crippen molar-refractivity contribution >= 4 is 11.4 Å². The highest BCUT2D eigenvalue weighted by atomic mass is 15.3. The van der Waals surface area contributed by atoms with Crippen molar-refractivity contribution in [3.8, 4) is 0 Å². The Balaban J connectivity index is 1.89. The molecule has 100 valence electrons. The van der Waals surface area contributed by atoms with Gasteiger partial charge in [0.05, 0.1) is 11.4 Å². The van der Waals surface area contributed by atoms with Crippen LogP contribution in [-0.4, -0.2) is 5.71 Å². The Morgan fingerprint density at radius 1 is 1.16 bits per heavy atom. The van der Waals surface area contributed by atoms with Crippen LogP contribution in [0, 0.1) is 16.7 Å². The van der Waals surface area contributed by atoms with Gasteiger partial charge in [-0.25, -0.2) is 0 Å². The van der Waals surface area contributed by atoms with Gasteiger partial charge in [-0.05, 0) is 42.4 Å². The summed E-state index contributed by atoms with van der Waals surface area (Å²) in [5.41, 5.74) is 5.93. The molecule has 2 nitrogen and oxygen atoms in total. The lowest BCUT2D eigenvalue weighted by atomic mass is 9.61. The topological polar surface area (TPSA) is 24.4 Å². The van der Waals surface area contributed by atoms with Crippen LogP contribution in [-0.2, 0) is 0 Å².